The molecule has 36 heavy (non-hydrogen) atoms. The van der Waals surface area contributed by atoms with E-state index in [9.17, 15) is 19.2 Å². The Morgan fingerprint density at radius 2 is 1.92 bits per heavy atom. The predicted octanol–water partition coefficient (Wildman–Crippen LogP) is 4.94. The fourth-order valence-corrected chi connectivity index (χ4v) is 6.89. The molecule has 2 N–H and O–H groups in total. The molecule has 0 bridgehead atoms. The van der Waals surface area contributed by atoms with Crippen LogP contribution in [0.2, 0.25) is 10.0 Å². The average molecular weight is 532 g/mol. The third kappa shape index (κ3) is 4.56. The summed E-state index contributed by atoms with van der Waals surface area (Å²) in [5, 5.41) is 4.57. The first-order valence-corrected chi connectivity index (χ1v) is 13.7. The Hall–Kier alpha value is -2.38. The van der Waals surface area contributed by atoms with E-state index in [2.05, 4.69) is 10.3 Å². The van der Waals surface area contributed by atoms with Crippen molar-refractivity contribution in [2.24, 2.45) is 17.8 Å². The van der Waals surface area contributed by atoms with Crippen molar-refractivity contribution in [2.75, 3.05) is 6.54 Å². The van der Waals surface area contributed by atoms with Crippen molar-refractivity contribution in [1.82, 2.24) is 15.2 Å². The summed E-state index contributed by atoms with van der Waals surface area (Å²) in [6.07, 6.45) is 5.60. The van der Waals surface area contributed by atoms with E-state index in [-0.39, 0.29) is 47.6 Å². The first-order valence-electron chi connectivity index (χ1n) is 12.9. The van der Waals surface area contributed by atoms with Crippen LogP contribution in [0.25, 0.3) is 10.9 Å². The van der Waals surface area contributed by atoms with E-state index < -0.39 is 12.1 Å². The van der Waals surface area contributed by atoms with E-state index in [0.717, 1.165) is 32.1 Å². The molecule has 7 nitrogen and oxygen atoms in total. The molecule has 2 heterocycles. The smallest absolute Gasteiger partial charge is 0.271 e. The Morgan fingerprint density at radius 3 is 2.61 bits per heavy atom. The van der Waals surface area contributed by atoms with E-state index in [1.165, 1.54) is 0 Å². The Labute approximate surface area is 220 Å². The van der Waals surface area contributed by atoms with Gasteiger partial charge in [-0.15, -0.1) is 0 Å². The van der Waals surface area contributed by atoms with Gasteiger partial charge in [0.25, 0.3) is 5.91 Å². The molecule has 0 radical (unpaired) electrons. The Bertz CT molecular complexity index is 1190. The van der Waals surface area contributed by atoms with Crippen molar-refractivity contribution in [3.8, 4) is 0 Å². The summed E-state index contributed by atoms with van der Waals surface area (Å²) in [4.78, 5) is 57.1. The van der Waals surface area contributed by atoms with E-state index in [1.807, 2.05) is 0 Å². The highest BCUT2D eigenvalue weighted by molar-refractivity contribution is 6.40. The molecule has 5 atom stereocenters. The molecule has 3 fully saturated rings. The van der Waals surface area contributed by atoms with Crippen molar-refractivity contribution in [1.29, 1.82) is 0 Å². The number of aromatic amines is 1. The Morgan fingerprint density at radius 1 is 1.14 bits per heavy atom. The van der Waals surface area contributed by atoms with Gasteiger partial charge in [-0.2, -0.15) is 0 Å². The Balaban J connectivity index is 1.40. The number of amides is 2. The lowest BCUT2D eigenvalue weighted by Gasteiger charge is -2.29. The van der Waals surface area contributed by atoms with Crippen molar-refractivity contribution in [2.45, 2.75) is 70.4 Å². The number of nitrogens with one attached hydrogen (secondary N) is 2. The standard InChI is InChI=1S/C27H31Cl2N3O4/c1-2-22(33)20(11-14-5-4-8-23(14)34)31-26(35)25-16-7-3-6-15(16)13-32(25)27(36)21-12-17-18(28)9-10-19(29)24(17)30-21/h9-10,12,14-16,20,25,30H,2-8,11,13H2,1H3,(H,31,35). The third-order valence-corrected chi connectivity index (χ3v) is 8.99. The maximum Gasteiger partial charge on any atom is 0.271 e. The molecular weight excluding hydrogens is 501 g/mol. The largest absolute Gasteiger partial charge is 0.349 e. The SMILES string of the molecule is CCC(=O)C(CC1CCCC1=O)NC(=O)C1C2CCCC2CN1C(=O)c1cc2c(Cl)ccc(Cl)c2[nH]1. The Kier molecular flexibility index (Phi) is 7.14. The molecule has 9 heteroatoms. The summed E-state index contributed by atoms with van der Waals surface area (Å²) in [6.45, 7) is 2.26. The average Bonchev–Trinajstić information content (AvgIpc) is 3.64. The number of carbonyl (C=O) groups is 4. The van der Waals surface area contributed by atoms with E-state index in [1.54, 1.807) is 30.0 Å². The van der Waals surface area contributed by atoms with E-state index in [4.69, 9.17) is 23.2 Å². The van der Waals surface area contributed by atoms with Crippen LogP contribution in [0.4, 0.5) is 0 Å². The number of hydrogen-bond acceptors (Lipinski definition) is 4. The second-order valence-electron chi connectivity index (χ2n) is 10.4. The second-order valence-corrected chi connectivity index (χ2v) is 11.2. The van der Waals surface area contributed by atoms with Crippen LogP contribution >= 0.6 is 23.2 Å². The van der Waals surface area contributed by atoms with Crippen molar-refractivity contribution < 1.29 is 19.2 Å². The summed E-state index contributed by atoms with van der Waals surface area (Å²) in [5.74, 6) is -0.384. The third-order valence-electron chi connectivity index (χ3n) is 8.35. The summed E-state index contributed by atoms with van der Waals surface area (Å²) >= 11 is 12.6. The fraction of sp³-hybridized carbons (Fsp3) is 0.556. The lowest BCUT2D eigenvalue weighted by atomic mass is 9.91. The van der Waals surface area contributed by atoms with Crippen LogP contribution in [0.15, 0.2) is 18.2 Å². The lowest BCUT2D eigenvalue weighted by molar-refractivity contribution is -0.131. The number of Topliss-reactive ketones (excluding diaryl/α,β-unsaturated/α-hetero) is 2. The minimum atomic E-state index is -0.711. The molecule has 1 saturated heterocycles. The van der Waals surface area contributed by atoms with Gasteiger partial charge < -0.3 is 15.2 Å². The van der Waals surface area contributed by atoms with Gasteiger partial charge in [0, 0.05) is 30.7 Å². The van der Waals surface area contributed by atoms with Crippen molar-refractivity contribution >= 4 is 57.5 Å². The number of benzene rings is 1. The van der Waals surface area contributed by atoms with E-state index in [0.29, 0.717) is 46.0 Å². The van der Waals surface area contributed by atoms with Crippen LogP contribution in [0.3, 0.4) is 0 Å². The monoisotopic (exact) mass is 531 g/mol. The van der Waals surface area contributed by atoms with Crippen LogP contribution in [-0.4, -0.2) is 51.9 Å². The topological polar surface area (TPSA) is 99.3 Å². The molecule has 1 aromatic carbocycles. The number of carbonyl (C=O) groups excluding carboxylic acids is 4. The molecule has 2 aromatic rings. The normalized spacial score (nSPS) is 26.4. The molecule has 1 aliphatic heterocycles. The summed E-state index contributed by atoms with van der Waals surface area (Å²) in [5.41, 5.74) is 0.915. The molecule has 3 aliphatic rings. The zero-order valence-corrected chi connectivity index (χ0v) is 21.8. The molecule has 2 amide bonds. The molecular formula is C27H31Cl2N3O4. The molecule has 192 valence electrons. The zero-order valence-electron chi connectivity index (χ0n) is 20.3. The number of ketones is 2. The molecule has 0 spiro atoms. The van der Waals surface area contributed by atoms with Gasteiger partial charge in [0.05, 0.1) is 21.6 Å². The van der Waals surface area contributed by atoms with Gasteiger partial charge in [0.1, 0.15) is 17.5 Å². The highest BCUT2D eigenvalue weighted by Crippen LogP contribution is 2.43. The number of aromatic nitrogens is 1. The maximum atomic E-state index is 13.7. The van der Waals surface area contributed by atoms with Gasteiger partial charge >= 0.3 is 0 Å². The number of likely N-dealkylation sites (tertiary alicyclic amines) is 1. The number of H-pyrrole nitrogens is 1. The van der Waals surface area contributed by atoms with Crippen LogP contribution in [0.1, 0.15) is 68.8 Å². The van der Waals surface area contributed by atoms with Crippen LogP contribution < -0.4 is 5.32 Å². The zero-order chi connectivity index (χ0) is 25.6. The van der Waals surface area contributed by atoms with Gasteiger partial charge in [-0.3, -0.25) is 19.2 Å². The van der Waals surface area contributed by atoms with Gasteiger partial charge in [-0.1, -0.05) is 36.5 Å². The highest BCUT2D eigenvalue weighted by Gasteiger charge is 2.50. The number of rotatable bonds is 7. The molecule has 5 unspecified atom stereocenters. The quantitative estimate of drug-likeness (QED) is 0.528. The van der Waals surface area contributed by atoms with Crippen molar-refractivity contribution in [3.05, 3.63) is 33.9 Å². The molecule has 5 rings (SSSR count). The minimum absolute atomic E-state index is 0.0518. The summed E-state index contributed by atoms with van der Waals surface area (Å²) in [7, 11) is 0. The number of fused-ring (bicyclic) bond motifs is 2. The predicted molar refractivity (Wildman–Crippen MR) is 138 cm³/mol. The fourth-order valence-electron chi connectivity index (χ4n) is 6.47. The number of nitrogens with zero attached hydrogens (tertiary/aromatic N) is 1. The maximum absolute atomic E-state index is 13.7. The van der Waals surface area contributed by atoms with Gasteiger partial charge in [0.15, 0.2) is 5.78 Å². The van der Waals surface area contributed by atoms with Gasteiger partial charge in [0.2, 0.25) is 5.91 Å². The minimum Gasteiger partial charge on any atom is -0.349 e. The number of halogens is 2. The molecule has 1 aromatic heterocycles. The summed E-state index contributed by atoms with van der Waals surface area (Å²) in [6, 6.07) is 3.67. The second kappa shape index (κ2) is 10.2. The molecule has 2 saturated carbocycles. The first-order chi connectivity index (χ1) is 17.3. The van der Waals surface area contributed by atoms with Gasteiger partial charge in [-0.25, -0.2) is 0 Å². The first kappa shape index (κ1) is 25.3. The van der Waals surface area contributed by atoms with E-state index >= 15 is 0 Å². The number of hydrogen-bond donors (Lipinski definition) is 2. The lowest BCUT2D eigenvalue weighted by Crippen LogP contribution is -2.53. The van der Waals surface area contributed by atoms with Crippen molar-refractivity contribution in [3.63, 3.8) is 0 Å². The summed E-state index contributed by atoms with van der Waals surface area (Å²) < 4.78 is 0. The van der Waals surface area contributed by atoms with Crippen LogP contribution in [0, 0.1) is 17.8 Å². The molecule has 2 aliphatic carbocycles. The van der Waals surface area contributed by atoms with Crippen LogP contribution in [0.5, 0.6) is 0 Å². The van der Waals surface area contributed by atoms with Crippen LogP contribution in [-0.2, 0) is 14.4 Å². The highest BCUT2D eigenvalue weighted by atomic mass is 35.5. The van der Waals surface area contributed by atoms with Gasteiger partial charge in [-0.05, 0) is 62.1 Å².